The molecule has 0 amide bonds. The van der Waals surface area contributed by atoms with Crippen LogP contribution in [0.1, 0.15) is 5.56 Å². The van der Waals surface area contributed by atoms with Gasteiger partial charge in [0.05, 0.1) is 18.1 Å². The maximum atomic E-state index is 11.7. The molecule has 0 unspecified atom stereocenters. The van der Waals surface area contributed by atoms with E-state index >= 15 is 0 Å². The molecule has 0 spiro atoms. The van der Waals surface area contributed by atoms with Gasteiger partial charge in [-0.15, -0.1) is 13.2 Å². The van der Waals surface area contributed by atoms with Crippen LogP contribution >= 0.6 is 0 Å². The summed E-state index contributed by atoms with van der Waals surface area (Å²) in [5.41, 5.74) is -0.0541. The number of nitrogens with zero attached hydrogens (tertiary/aromatic N) is 1. The molecule has 1 rings (SSSR count). The molecule has 0 aromatic heterocycles. The Labute approximate surface area is 105 Å². The van der Waals surface area contributed by atoms with Crippen molar-refractivity contribution in [1.29, 1.82) is 0 Å². The highest BCUT2D eigenvalue weighted by Gasteiger charge is 2.28. The van der Waals surface area contributed by atoms with Crippen molar-refractivity contribution >= 4 is 5.69 Å². The lowest BCUT2D eigenvalue weighted by atomic mass is 10.2. The lowest BCUT2D eigenvalue weighted by Gasteiger charge is -2.10. The molecular formula is C10H10F3NO5. The summed E-state index contributed by atoms with van der Waals surface area (Å²) in [5.74, 6) is -0.220. The number of hydrogen-bond donors (Lipinski definition) is 1. The molecule has 1 aromatic carbocycles. The Morgan fingerprint density at radius 2 is 2.00 bits per heavy atom. The molecule has 0 fully saturated rings. The Hall–Kier alpha value is -1.87. The Balaban J connectivity index is 2.67. The summed E-state index contributed by atoms with van der Waals surface area (Å²) in [6.07, 6.45) is -4.78. The zero-order chi connectivity index (χ0) is 14.5. The number of ether oxygens (including phenoxy) is 2. The minimum absolute atomic E-state index is 0.220. The van der Waals surface area contributed by atoms with E-state index in [1.54, 1.807) is 0 Å². The Morgan fingerprint density at radius 3 is 2.53 bits per heavy atom. The van der Waals surface area contributed by atoms with Gasteiger partial charge in [-0.25, -0.2) is 0 Å². The van der Waals surface area contributed by atoms with E-state index in [1.165, 1.54) is 12.1 Å². The maximum Gasteiger partial charge on any atom is 0.522 e. The number of benzene rings is 1. The van der Waals surface area contributed by atoms with E-state index in [0.717, 1.165) is 6.07 Å². The summed E-state index contributed by atoms with van der Waals surface area (Å²) < 4.78 is 43.4. The lowest BCUT2D eigenvalue weighted by molar-refractivity contribution is -0.386. The Morgan fingerprint density at radius 1 is 1.32 bits per heavy atom. The third-order valence-electron chi connectivity index (χ3n) is 2.01. The Bertz CT molecular complexity index is 449. The van der Waals surface area contributed by atoms with Crippen molar-refractivity contribution in [1.82, 2.24) is 0 Å². The number of aliphatic hydroxyl groups is 1. The minimum atomic E-state index is -4.78. The molecule has 0 aliphatic rings. The molecule has 19 heavy (non-hydrogen) atoms. The summed E-state index contributed by atoms with van der Waals surface area (Å²) in [5, 5.41) is 19.5. The van der Waals surface area contributed by atoms with E-state index in [2.05, 4.69) is 4.74 Å². The van der Waals surface area contributed by atoms with Gasteiger partial charge < -0.3 is 9.84 Å². The number of halogens is 3. The highest BCUT2D eigenvalue weighted by atomic mass is 19.4. The van der Waals surface area contributed by atoms with Crippen LogP contribution in [0.5, 0.6) is 5.75 Å². The molecule has 0 heterocycles. The highest BCUT2D eigenvalue weighted by Crippen LogP contribution is 2.28. The van der Waals surface area contributed by atoms with Crippen LogP contribution in [0.3, 0.4) is 0 Å². The molecular weight excluding hydrogens is 271 g/mol. The van der Waals surface area contributed by atoms with Gasteiger partial charge in [0.1, 0.15) is 6.61 Å². The number of alkyl halides is 3. The highest BCUT2D eigenvalue weighted by molar-refractivity contribution is 5.48. The first-order valence-electron chi connectivity index (χ1n) is 5.05. The molecule has 1 N–H and O–H groups in total. The zero-order valence-electron chi connectivity index (χ0n) is 9.51. The van der Waals surface area contributed by atoms with Gasteiger partial charge in [-0.05, 0) is 17.7 Å². The van der Waals surface area contributed by atoms with E-state index in [4.69, 9.17) is 9.84 Å². The van der Waals surface area contributed by atoms with Gasteiger partial charge in [0.25, 0.3) is 0 Å². The van der Waals surface area contributed by atoms with Crippen LogP contribution in [-0.2, 0) is 11.3 Å². The number of nitro groups is 1. The second kappa shape index (κ2) is 6.34. The molecule has 0 bridgehead atoms. The van der Waals surface area contributed by atoms with E-state index in [0.29, 0.717) is 5.56 Å². The third kappa shape index (κ3) is 5.10. The zero-order valence-corrected chi connectivity index (χ0v) is 9.51. The third-order valence-corrected chi connectivity index (χ3v) is 2.01. The summed E-state index contributed by atoms with van der Waals surface area (Å²) >= 11 is 0. The molecule has 6 nitrogen and oxygen atoms in total. The number of nitro benzene ring substituents is 1. The molecule has 9 heteroatoms. The fourth-order valence-corrected chi connectivity index (χ4v) is 1.23. The summed E-state index contributed by atoms with van der Waals surface area (Å²) in [6, 6.07) is 3.61. The first kappa shape index (κ1) is 15.2. The van der Waals surface area contributed by atoms with E-state index in [1.807, 2.05) is 0 Å². The summed E-state index contributed by atoms with van der Waals surface area (Å²) in [6.45, 7) is -1.66. The van der Waals surface area contributed by atoms with Crippen molar-refractivity contribution < 1.29 is 32.7 Å². The second-order valence-electron chi connectivity index (χ2n) is 3.36. The van der Waals surface area contributed by atoms with Crippen molar-refractivity contribution in [2.45, 2.75) is 13.0 Å². The van der Waals surface area contributed by atoms with E-state index < -0.39 is 30.2 Å². The fraction of sp³-hybridized carbons (Fsp3) is 0.400. The minimum Gasteiger partial charge on any atom is -0.484 e. The van der Waals surface area contributed by atoms with Crippen molar-refractivity contribution in [3.05, 3.63) is 33.9 Å². The van der Waals surface area contributed by atoms with Gasteiger partial charge in [0.2, 0.25) is 0 Å². The van der Waals surface area contributed by atoms with Crippen LogP contribution in [0.4, 0.5) is 18.9 Å². The van der Waals surface area contributed by atoms with Gasteiger partial charge >= 0.3 is 12.0 Å². The standard InChI is InChI=1S/C10H10F3NO5/c11-10(12,13)19-4-3-18-9-5-7(6-15)1-2-8(9)14(16)17/h1-2,5,15H,3-4,6H2. The predicted molar refractivity (Wildman–Crippen MR) is 56.5 cm³/mol. The molecule has 0 saturated heterocycles. The smallest absolute Gasteiger partial charge is 0.484 e. The first-order valence-corrected chi connectivity index (χ1v) is 5.05. The lowest BCUT2D eigenvalue weighted by Crippen LogP contribution is -2.18. The SMILES string of the molecule is O=[N+]([O-])c1ccc(CO)cc1OCCOC(F)(F)F. The molecule has 0 atom stereocenters. The van der Waals surface area contributed by atoms with Crippen molar-refractivity contribution in [2.75, 3.05) is 13.2 Å². The van der Waals surface area contributed by atoms with Crippen molar-refractivity contribution in [2.24, 2.45) is 0 Å². The van der Waals surface area contributed by atoms with Crippen LogP contribution in [0.25, 0.3) is 0 Å². The van der Waals surface area contributed by atoms with Crippen LogP contribution in [0.15, 0.2) is 18.2 Å². The monoisotopic (exact) mass is 281 g/mol. The van der Waals surface area contributed by atoms with Crippen LogP contribution in [0, 0.1) is 10.1 Å². The molecule has 0 radical (unpaired) electrons. The normalized spacial score (nSPS) is 11.4. The molecule has 0 saturated carbocycles. The predicted octanol–water partition coefficient (Wildman–Crippen LogP) is 2.00. The quantitative estimate of drug-likeness (QED) is 0.490. The maximum absolute atomic E-state index is 11.7. The van der Waals surface area contributed by atoms with Crippen LogP contribution < -0.4 is 4.74 Å². The van der Waals surface area contributed by atoms with Gasteiger partial charge in [-0.2, -0.15) is 0 Å². The van der Waals surface area contributed by atoms with Crippen molar-refractivity contribution in [3.8, 4) is 5.75 Å². The topological polar surface area (TPSA) is 81.8 Å². The number of aliphatic hydroxyl groups excluding tert-OH is 1. The van der Waals surface area contributed by atoms with Gasteiger partial charge in [-0.1, -0.05) is 0 Å². The van der Waals surface area contributed by atoms with Crippen LogP contribution in [-0.4, -0.2) is 29.6 Å². The molecule has 0 aliphatic heterocycles. The fourth-order valence-electron chi connectivity index (χ4n) is 1.23. The van der Waals surface area contributed by atoms with Gasteiger partial charge in [0, 0.05) is 6.07 Å². The van der Waals surface area contributed by atoms with Gasteiger partial charge in [0.15, 0.2) is 5.75 Å². The largest absolute Gasteiger partial charge is 0.522 e. The van der Waals surface area contributed by atoms with Crippen LogP contribution in [0.2, 0.25) is 0 Å². The summed E-state index contributed by atoms with van der Waals surface area (Å²) in [7, 11) is 0. The van der Waals surface area contributed by atoms with Crippen molar-refractivity contribution in [3.63, 3.8) is 0 Å². The number of rotatable bonds is 6. The Kier molecular flexibility index (Phi) is 5.07. The first-order chi connectivity index (χ1) is 8.83. The molecule has 0 aliphatic carbocycles. The average Bonchev–Trinajstić information content (AvgIpc) is 2.33. The average molecular weight is 281 g/mol. The molecule has 1 aromatic rings. The van der Waals surface area contributed by atoms with E-state index in [9.17, 15) is 23.3 Å². The number of hydrogen-bond acceptors (Lipinski definition) is 5. The summed E-state index contributed by atoms with van der Waals surface area (Å²) in [4.78, 5) is 9.93. The van der Waals surface area contributed by atoms with E-state index in [-0.39, 0.29) is 12.4 Å². The van der Waals surface area contributed by atoms with Gasteiger partial charge in [-0.3, -0.25) is 14.9 Å². The second-order valence-corrected chi connectivity index (χ2v) is 3.36. The molecule has 106 valence electrons.